The minimum Gasteiger partial charge on any atom is -0.373 e. The Bertz CT molecular complexity index is 1310. The molecule has 2 atom stereocenters. The van der Waals surface area contributed by atoms with E-state index >= 15 is 0 Å². The van der Waals surface area contributed by atoms with Crippen molar-refractivity contribution in [1.29, 1.82) is 0 Å². The normalized spacial score (nSPS) is 18.5. The van der Waals surface area contributed by atoms with Gasteiger partial charge in [-0.15, -0.1) is 0 Å². The number of rotatable bonds is 6. The topological polar surface area (TPSA) is 60.9 Å². The summed E-state index contributed by atoms with van der Waals surface area (Å²) in [4.78, 5) is 29.6. The molecular weight excluding hydrogens is 424 g/mol. The van der Waals surface area contributed by atoms with Gasteiger partial charge in [0.05, 0.1) is 12.5 Å². The van der Waals surface area contributed by atoms with Crippen molar-refractivity contribution in [3.05, 3.63) is 120 Å². The quantitative estimate of drug-likeness (QED) is 0.451. The Labute approximate surface area is 198 Å². The summed E-state index contributed by atoms with van der Waals surface area (Å²) in [6, 6.07) is 32.6. The lowest BCUT2D eigenvalue weighted by molar-refractivity contribution is -0.150. The van der Waals surface area contributed by atoms with Crippen LogP contribution in [0.3, 0.4) is 0 Å². The summed E-state index contributed by atoms with van der Waals surface area (Å²) in [7, 11) is 0. The van der Waals surface area contributed by atoms with Crippen LogP contribution in [0.1, 0.15) is 16.7 Å². The van der Waals surface area contributed by atoms with E-state index in [1.807, 2.05) is 97.1 Å². The number of aliphatic hydroxyl groups is 1. The van der Waals surface area contributed by atoms with Crippen molar-refractivity contribution in [3.8, 4) is 0 Å². The van der Waals surface area contributed by atoms with Gasteiger partial charge in [-0.2, -0.15) is 0 Å². The molecule has 0 aromatic heterocycles. The second-order valence-corrected chi connectivity index (χ2v) is 8.71. The van der Waals surface area contributed by atoms with Crippen LogP contribution in [0.25, 0.3) is 10.8 Å². The van der Waals surface area contributed by atoms with E-state index in [-0.39, 0.29) is 19.0 Å². The van der Waals surface area contributed by atoms with E-state index in [0.717, 1.165) is 27.5 Å². The number of aliphatic hydroxyl groups excluding tert-OH is 1. The third-order valence-electron chi connectivity index (χ3n) is 6.39. The van der Waals surface area contributed by atoms with Crippen molar-refractivity contribution in [2.24, 2.45) is 5.92 Å². The molecule has 0 saturated carbocycles. The van der Waals surface area contributed by atoms with Crippen molar-refractivity contribution >= 4 is 22.7 Å². The van der Waals surface area contributed by atoms with Crippen LogP contribution in [-0.2, 0) is 24.3 Å². The zero-order valence-electron chi connectivity index (χ0n) is 18.7. The Morgan fingerprint density at radius 2 is 1.24 bits per heavy atom. The summed E-state index contributed by atoms with van der Waals surface area (Å²) in [6.45, 7) is 0.401. The number of urea groups is 1. The average molecular weight is 451 g/mol. The molecule has 0 radical (unpaired) electrons. The smallest absolute Gasteiger partial charge is 0.329 e. The third kappa shape index (κ3) is 4.43. The minimum absolute atomic E-state index is 0.171. The first-order chi connectivity index (χ1) is 16.6. The van der Waals surface area contributed by atoms with Gasteiger partial charge in [0.25, 0.3) is 0 Å². The van der Waals surface area contributed by atoms with Crippen LogP contribution in [0.5, 0.6) is 0 Å². The van der Waals surface area contributed by atoms with Crippen LogP contribution in [0.2, 0.25) is 0 Å². The molecule has 0 spiro atoms. The summed E-state index contributed by atoms with van der Waals surface area (Å²) in [5.74, 6) is -1.11. The standard InChI is InChI=1S/C29H26N2O3/c32-27-26(18-23-15-16-24-13-7-8-14-25(24)17-23)28(33)31(20-22-11-5-2-6-12-22)29(34)30(27)19-21-9-3-1-4-10-21/h1-17,26-27,32H,18-20H2. The second-order valence-electron chi connectivity index (χ2n) is 8.71. The molecule has 3 amide bonds. The second kappa shape index (κ2) is 9.49. The highest BCUT2D eigenvalue weighted by molar-refractivity contribution is 5.98. The van der Waals surface area contributed by atoms with Crippen LogP contribution in [0.4, 0.5) is 4.79 Å². The van der Waals surface area contributed by atoms with E-state index in [9.17, 15) is 14.7 Å². The lowest BCUT2D eigenvalue weighted by Gasteiger charge is -2.42. The predicted molar refractivity (Wildman–Crippen MR) is 132 cm³/mol. The van der Waals surface area contributed by atoms with Gasteiger partial charge in [0.15, 0.2) is 0 Å². The van der Waals surface area contributed by atoms with Gasteiger partial charge in [-0.3, -0.25) is 14.6 Å². The van der Waals surface area contributed by atoms with Crippen molar-refractivity contribution in [1.82, 2.24) is 9.80 Å². The van der Waals surface area contributed by atoms with Crippen LogP contribution in [-0.4, -0.2) is 33.1 Å². The van der Waals surface area contributed by atoms with E-state index in [1.54, 1.807) is 0 Å². The number of amides is 3. The van der Waals surface area contributed by atoms with E-state index in [1.165, 1.54) is 9.80 Å². The van der Waals surface area contributed by atoms with Crippen LogP contribution in [0.15, 0.2) is 103 Å². The number of carbonyl (C=O) groups excluding carboxylic acids is 2. The Kier molecular flexibility index (Phi) is 6.11. The molecule has 34 heavy (non-hydrogen) atoms. The molecule has 1 N–H and O–H groups in total. The third-order valence-corrected chi connectivity index (χ3v) is 6.39. The molecule has 1 heterocycles. The van der Waals surface area contributed by atoms with Gasteiger partial charge in [-0.1, -0.05) is 103 Å². The van der Waals surface area contributed by atoms with Gasteiger partial charge in [-0.05, 0) is 33.9 Å². The van der Waals surface area contributed by atoms with Gasteiger partial charge in [0, 0.05) is 6.54 Å². The molecule has 2 unspecified atom stereocenters. The fraction of sp³-hybridized carbons (Fsp3) is 0.172. The van der Waals surface area contributed by atoms with Gasteiger partial charge in [0.2, 0.25) is 5.91 Å². The minimum atomic E-state index is -1.21. The molecule has 5 rings (SSSR count). The Hall–Kier alpha value is -3.96. The monoisotopic (exact) mass is 450 g/mol. The fourth-order valence-corrected chi connectivity index (χ4v) is 4.57. The largest absolute Gasteiger partial charge is 0.373 e. The number of benzene rings is 4. The van der Waals surface area contributed by atoms with Gasteiger partial charge in [-0.25, -0.2) is 4.79 Å². The highest BCUT2D eigenvalue weighted by Gasteiger charge is 2.45. The zero-order chi connectivity index (χ0) is 23.5. The maximum atomic E-state index is 13.5. The van der Waals surface area contributed by atoms with Gasteiger partial charge in [0.1, 0.15) is 6.23 Å². The zero-order valence-corrected chi connectivity index (χ0v) is 18.7. The molecule has 1 fully saturated rings. The molecule has 170 valence electrons. The molecule has 5 nitrogen and oxygen atoms in total. The SMILES string of the molecule is O=C1C(Cc2ccc3ccccc3c2)C(O)N(Cc2ccccc2)C(=O)N1Cc1ccccc1. The number of hydrogen-bond donors (Lipinski definition) is 1. The summed E-state index contributed by atoms with van der Waals surface area (Å²) < 4.78 is 0. The summed E-state index contributed by atoms with van der Waals surface area (Å²) in [5, 5.41) is 13.4. The molecular formula is C29H26N2O3. The van der Waals surface area contributed by atoms with Gasteiger partial charge >= 0.3 is 6.03 Å². The highest BCUT2D eigenvalue weighted by Crippen LogP contribution is 2.29. The maximum Gasteiger partial charge on any atom is 0.329 e. The molecule has 0 aliphatic carbocycles. The molecule has 4 aromatic rings. The molecule has 1 aliphatic rings. The van der Waals surface area contributed by atoms with E-state index in [4.69, 9.17) is 0 Å². The summed E-state index contributed by atoms with van der Waals surface area (Å²) >= 11 is 0. The number of fused-ring (bicyclic) bond motifs is 1. The Morgan fingerprint density at radius 1 is 0.647 bits per heavy atom. The van der Waals surface area contributed by atoms with Crippen LogP contribution in [0, 0.1) is 5.92 Å². The first-order valence-corrected chi connectivity index (χ1v) is 11.5. The first kappa shape index (κ1) is 21.9. The summed E-state index contributed by atoms with van der Waals surface area (Å²) in [5.41, 5.74) is 2.71. The van der Waals surface area contributed by atoms with Crippen LogP contribution >= 0.6 is 0 Å². The lowest BCUT2D eigenvalue weighted by Crippen LogP contribution is -2.61. The van der Waals surface area contributed by atoms with Crippen molar-refractivity contribution < 1.29 is 14.7 Å². The molecule has 1 aliphatic heterocycles. The number of carbonyl (C=O) groups is 2. The van der Waals surface area contributed by atoms with Crippen molar-refractivity contribution in [2.75, 3.05) is 0 Å². The number of imide groups is 1. The number of nitrogens with zero attached hydrogens (tertiary/aromatic N) is 2. The summed E-state index contributed by atoms with van der Waals surface area (Å²) in [6.07, 6.45) is -0.868. The van der Waals surface area contributed by atoms with Crippen LogP contribution < -0.4 is 0 Å². The highest BCUT2D eigenvalue weighted by atomic mass is 16.3. The fourth-order valence-electron chi connectivity index (χ4n) is 4.57. The molecule has 4 aromatic carbocycles. The van der Waals surface area contributed by atoms with E-state index in [2.05, 4.69) is 6.07 Å². The van der Waals surface area contributed by atoms with Gasteiger partial charge < -0.3 is 5.11 Å². The first-order valence-electron chi connectivity index (χ1n) is 11.5. The molecule has 5 heteroatoms. The maximum absolute atomic E-state index is 13.5. The van der Waals surface area contributed by atoms with E-state index < -0.39 is 18.2 Å². The molecule has 1 saturated heterocycles. The Balaban J connectivity index is 1.47. The van der Waals surface area contributed by atoms with E-state index in [0.29, 0.717) is 6.42 Å². The number of hydrogen-bond acceptors (Lipinski definition) is 3. The lowest BCUT2D eigenvalue weighted by atomic mass is 9.92. The molecule has 0 bridgehead atoms. The Morgan fingerprint density at radius 3 is 1.91 bits per heavy atom. The predicted octanol–water partition coefficient (Wildman–Crippen LogP) is 4.98. The van der Waals surface area contributed by atoms with Crippen molar-refractivity contribution in [2.45, 2.75) is 25.7 Å². The average Bonchev–Trinajstić information content (AvgIpc) is 2.88. The van der Waals surface area contributed by atoms with Crippen molar-refractivity contribution in [3.63, 3.8) is 0 Å².